The highest BCUT2D eigenvalue weighted by atomic mass is 16.3. The highest BCUT2D eigenvalue weighted by Crippen LogP contribution is 2.03. The predicted molar refractivity (Wildman–Crippen MR) is 54.0 cm³/mol. The van der Waals surface area contributed by atoms with Gasteiger partial charge in [-0.3, -0.25) is 10.00 Å². The first-order chi connectivity index (χ1) is 7.15. The molecule has 0 unspecified atom stereocenters. The maximum atomic E-state index is 9.05. The lowest BCUT2D eigenvalue weighted by molar-refractivity contribution is 0.0411. The lowest BCUT2D eigenvalue weighted by Gasteiger charge is -2.28. The zero-order valence-corrected chi connectivity index (χ0v) is 8.72. The first-order valence-electron chi connectivity index (χ1n) is 4.72. The van der Waals surface area contributed by atoms with Crippen LogP contribution in [-0.4, -0.2) is 50.5 Å². The summed E-state index contributed by atoms with van der Waals surface area (Å²) in [7, 11) is 1.81. The van der Waals surface area contributed by atoms with Crippen LogP contribution < -0.4 is 5.32 Å². The summed E-state index contributed by atoms with van der Waals surface area (Å²) in [5, 5.41) is 34.2. The van der Waals surface area contributed by atoms with Gasteiger partial charge in [0.15, 0.2) is 0 Å². The minimum absolute atomic E-state index is 0.327. The van der Waals surface area contributed by atoms with E-state index in [0.717, 1.165) is 5.69 Å². The van der Waals surface area contributed by atoms with E-state index in [4.69, 9.17) is 15.3 Å². The number of aryl methyl sites for hydroxylation is 1. The number of aliphatic hydroxyl groups excluding tert-OH is 3. The van der Waals surface area contributed by atoms with E-state index in [2.05, 4.69) is 10.4 Å². The van der Waals surface area contributed by atoms with Crippen molar-refractivity contribution >= 4 is 0 Å². The van der Waals surface area contributed by atoms with E-state index < -0.39 is 5.54 Å². The topological polar surface area (TPSA) is 90.5 Å². The molecule has 1 rings (SSSR count). The summed E-state index contributed by atoms with van der Waals surface area (Å²) in [5.41, 5.74) is -0.255. The Morgan fingerprint density at radius 2 is 1.93 bits per heavy atom. The van der Waals surface area contributed by atoms with Crippen LogP contribution in [0.2, 0.25) is 0 Å². The molecule has 15 heavy (non-hydrogen) atoms. The number of nitrogens with one attached hydrogen (secondary N) is 1. The van der Waals surface area contributed by atoms with Gasteiger partial charge in [0.1, 0.15) is 0 Å². The van der Waals surface area contributed by atoms with Crippen LogP contribution in [0.4, 0.5) is 0 Å². The zero-order chi connectivity index (χ0) is 11.3. The Bertz CT molecular complexity index is 288. The highest BCUT2D eigenvalue weighted by Gasteiger charge is 2.27. The summed E-state index contributed by atoms with van der Waals surface area (Å²) in [6.45, 7) is -0.588. The van der Waals surface area contributed by atoms with E-state index in [-0.39, 0.29) is 19.8 Å². The smallest absolute Gasteiger partial charge is 0.0884 e. The molecule has 0 aromatic carbocycles. The van der Waals surface area contributed by atoms with Crippen molar-refractivity contribution in [2.24, 2.45) is 7.05 Å². The monoisotopic (exact) mass is 215 g/mol. The molecular weight excluding hydrogens is 198 g/mol. The quantitative estimate of drug-likeness (QED) is 0.450. The van der Waals surface area contributed by atoms with Gasteiger partial charge >= 0.3 is 0 Å². The molecular formula is C9H17N3O3. The van der Waals surface area contributed by atoms with Crippen LogP contribution >= 0.6 is 0 Å². The van der Waals surface area contributed by atoms with Crippen LogP contribution in [0.1, 0.15) is 5.69 Å². The van der Waals surface area contributed by atoms with Crippen molar-refractivity contribution in [2.45, 2.75) is 12.1 Å². The van der Waals surface area contributed by atoms with Gasteiger partial charge in [-0.15, -0.1) is 0 Å². The Morgan fingerprint density at radius 1 is 1.33 bits per heavy atom. The average molecular weight is 215 g/mol. The van der Waals surface area contributed by atoms with Crippen LogP contribution in [-0.2, 0) is 13.6 Å². The van der Waals surface area contributed by atoms with E-state index in [1.165, 1.54) is 0 Å². The third-order valence-corrected chi connectivity index (χ3v) is 2.32. The zero-order valence-electron chi connectivity index (χ0n) is 8.72. The van der Waals surface area contributed by atoms with Crippen molar-refractivity contribution in [1.29, 1.82) is 0 Å². The molecule has 0 aliphatic heterocycles. The van der Waals surface area contributed by atoms with Gasteiger partial charge < -0.3 is 15.3 Å². The van der Waals surface area contributed by atoms with E-state index in [1.54, 1.807) is 17.9 Å². The Kier molecular flexibility index (Phi) is 4.22. The summed E-state index contributed by atoms with van der Waals surface area (Å²) in [6.07, 6.45) is 1.80. The second kappa shape index (κ2) is 5.22. The molecule has 1 heterocycles. The molecule has 0 radical (unpaired) electrons. The van der Waals surface area contributed by atoms with E-state index in [1.807, 2.05) is 6.07 Å². The Morgan fingerprint density at radius 3 is 2.33 bits per heavy atom. The van der Waals surface area contributed by atoms with Crippen molar-refractivity contribution in [3.63, 3.8) is 0 Å². The summed E-state index contributed by atoms with van der Waals surface area (Å²) >= 11 is 0. The van der Waals surface area contributed by atoms with Gasteiger partial charge in [0.05, 0.1) is 31.1 Å². The number of aromatic nitrogens is 2. The molecule has 0 fully saturated rings. The minimum Gasteiger partial charge on any atom is -0.394 e. The molecule has 0 aliphatic rings. The van der Waals surface area contributed by atoms with Crippen LogP contribution in [0.25, 0.3) is 0 Å². The third kappa shape index (κ3) is 3.00. The Labute approximate surface area is 88.2 Å². The molecule has 6 nitrogen and oxygen atoms in total. The fourth-order valence-corrected chi connectivity index (χ4v) is 1.15. The average Bonchev–Trinajstić information content (AvgIpc) is 2.67. The molecule has 0 atom stereocenters. The first kappa shape index (κ1) is 12.1. The second-order valence-corrected chi connectivity index (χ2v) is 3.59. The van der Waals surface area contributed by atoms with E-state index in [9.17, 15) is 0 Å². The lowest BCUT2D eigenvalue weighted by atomic mass is 10.0. The molecule has 1 aromatic heterocycles. The lowest BCUT2D eigenvalue weighted by Crippen LogP contribution is -2.54. The van der Waals surface area contributed by atoms with Crippen molar-refractivity contribution < 1.29 is 15.3 Å². The van der Waals surface area contributed by atoms with Gasteiger partial charge in [0.25, 0.3) is 0 Å². The Hall–Kier alpha value is -0.950. The second-order valence-electron chi connectivity index (χ2n) is 3.59. The molecule has 0 bridgehead atoms. The molecule has 6 heteroatoms. The van der Waals surface area contributed by atoms with Crippen molar-refractivity contribution in [3.05, 3.63) is 18.0 Å². The van der Waals surface area contributed by atoms with Crippen molar-refractivity contribution in [3.8, 4) is 0 Å². The number of nitrogens with zero attached hydrogens (tertiary/aromatic N) is 2. The highest BCUT2D eigenvalue weighted by molar-refractivity contribution is 5.00. The van der Waals surface area contributed by atoms with Crippen LogP contribution in [0, 0.1) is 0 Å². The van der Waals surface area contributed by atoms with Gasteiger partial charge in [-0.25, -0.2) is 0 Å². The number of hydrogen-bond donors (Lipinski definition) is 4. The van der Waals surface area contributed by atoms with Gasteiger partial charge in [-0.1, -0.05) is 0 Å². The standard InChI is InChI=1S/C9H17N3O3/c1-12-3-2-8(11-12)4-10-9(5-13,6-14)7-15/h2-3,10,13-15H,4-7H2,1H3. The molecule has 0 saturated heterocycles. The van der Waals surface area contributed by atoms with Gasteiger partial charge in [0.2, 0.25) is 0 Å². The largest absolute Gasteiger partial charge is 0.394 e. The Balaban J connectivity index is 2.54. The predicted octanol–water partition coefficient (Wildman–Crippen LogP) is -1.77. The molecule has 0 amide bonds. The summed E-state index contributed by atoms with van der Waals surface area (Å²) < 4.78 is 1.66. The van der Waals surface area contributed by atoms with Crippen molar-refractivity contribution in [1.82, 2.24) is 15.1 Å². The molecule has 1 aromatic rings. The van der Waals surface area contributed by atoms with Crippen LogP contribution in [0.3, 0.4) is 0 Å². The van der Waals surface area contributed by atoms with E-state index >= 15 is 0 Å². The number of aliphatic hydroxyl groups is 3. The molecule has 86 valence electrons. The summed E-state index contributed by atoms with van der Waals surface area (Å²) in [5.74, 6) is 0. The minimum atomic E-state index is -1.04. The van der Waals surface area contributed by atoms with Crippen LogP contribution in [0.5, 0.6) is 0 Å². The van der Waals surface area contributed by atoms with E-state index in [0.29, 0.717) is 6.54 Å². The normalized spacial score (nSPS) is 12.0. The summed E-state index contributed by atoms with van der Waals surface area (Å²) in [6, 6.07) is 1.82. The number of hydrogen-bond acceptors (Lipinski definition) is 5. The first-order valence-corrected chi connectivity index (χ1v) is 4.72. The maximum absolute atomic E-state index is 9.05. The summed E-state index contributed by atoms with van der Waals surface area (Å²) in [4.78, 5) is 0. The van der Waals surface area contributed by atoms with Gasteiger partial charge in [-0.2, -0.15) is 5.10 Å². The fourth-order valence-electron chi connectivity index (χ4n) is 1.15. The SMILES string of the molecule is Cn1ccc(CNC(CO)(CO)CO)n1. The number of rotatable bonds is 6. The third-order valence-electron chi connectivity index (χ3n) is 2.32. The fraction of sp³-hybridized carbons (Fsp3) is 0.667. The molecule has 0 aliphatic carbocycles. The van der Waals surface area contributed by atoms with Gasteiger partial charge in [-0.05, 0) is 6.07 Å². The molecule has 4 N–H and O–H groups in total. The van der Waals surface area contributed by atoms with Gasteiger partial charge in [0, 0.05) is 19.8 Å². The molecule has 0 spiro atoms. The molecule has 0 saturated carbocycles. The van der Waals surface area contributed by atoms with Crippen LogP contribution in [0.15, 0.2) is 12.3 Å². The maximum Gasteiger partial charge on any atom is 0.0884 e. The van der Waals surface area contributed by atoms with Crippen molar-refractivity contribution in [2.75, 3.05) is 19.8 Å².